The summed E-state index contributed by atoms with van der Waals surface area (Å²) >= 11 is 11.8. The number of piperidine rings is 1. The molecule has 1 fully saturated rings. The largest absolute Gasteiger partial charge is 0.369 e. The van der Waals surface area contributed by atoms with Crippen molar-refractivity contribution in [1.29, 1.82) is 0 Å². The first-order valence-corrected chi connectivity index (χ1v) is 5.86. The van der Waals surface area contributed by atoms with Crippen molar-refractivity contribution in [1.82, 2.24) is 10.2 Å². The van der Waals surface area contributed by atoms with Gasteiger partial charge in [0, 0.05) is 19.2 Å². The van der Waals surface area contributed by atoms with Crippen LogP contribution in [-0.2, 0) is 0 Å². The molecule has 0 unspecified atom stereocenters. The molecule has 82 valence electrons. The number of hydrogen-bond donors (Lipinski definition) is 0. The van der Waals surface area contributed by atoms with Gasteiger partial charge in [-0.2, -0.15) is 0 Å². The summed E-state index contributed by atoms with van der Waals surface area (Å²) in [5, 5.41) is 8.36. The average molecular weight is 246 g/mol. The molecule has 2 heterocycles. The summed E-state index contributed by atoms with van der Waals surface area (Å²) in [5.74, 6) is 0.797. The van der Waals surface area contributed by atoms with Crippen molar-refractivity contribution in [3.05, 3.63) is 16.4 Å². The van der Waals surface area contributed by atoms with Crippen LogP contribution in [0, 0.1) is 5.92 Å². The van der Waals surface area contributed by atoms with Gasteiger partial charge < -0.3 is 4.90 Å². The van der Waals surface area contributed by atoms with Gasteiger partial charge in [-0.3, -0.25) is 0 Å². The van der Waals surface area contributed by atoms with Crippen molar-refractivity contribution in [3.63, 3.8) is 0 Å². The molecule has 0 saturated carbocycles. The molecule has 2 rings (SSSR count). The fraction of sp³-hybridized carbons (Fsp3) is 0.600. The molecule has 15 heavy (non-hydrogen) atoms. The molecule has 1 aliphatic rings. The summed E-state index contributed by atoms with van der Waals surface area (Å²) in [5.41, 5.74) is 0.906. The minimum atomic E-state index is 0.396. The predicted octanol–water partition coefficient (Wildman–Crippen LogP) is 3.02. The lowest BCUT2D eigenvalue weighted by atomic mass is 9.99. The average Bonchev–Trinajstić information content (AvgIpc) is 2.23. The van der Waals surface area contributed by atoms with E-state index < -0.39 is 0 Å². The van der Waals surface area contributed by atoms with Crippen LogP contribution < -0.4 is 4.90 Å². The third-order valence-electron chi connectivity index (χ3n) is 2.82. The molecule has 0 atom stereocenters. The number of halogens is 2. The van der Waals surface area contributed by atoms with Gasteiger partial charge in [-0.15, -0.1) is 10.2 Å². The van der Waals surface area contributed by atoms with Crippen molar-refractivity contribution in [2.45, 2.75) is 19.8 Å². The van der Waals surface area contributed by atoms with Crippen LogP contribution in [0.5, 0.6) is 0 Å². The lowest BCUT2D eigenvalue weighted by Gasteiger charge is -2.32. The highest BCUT2D eigenvalue weighted by atomic mass is 35.5. The Morgan fingerprint density at radius 1 is 1.27 bits per heavy atom. The molecule has 0 aliphatic carbocycles. The van der Waals surface area contributed by atoms with Gasteiger partial charge in [-0.05, 0) is 18.8 Å². The van der Waals surface area contributed by atoms with Crippen LogP contribution in [0.25, 0.3) is 0 Å². The Hall–Kier alpha value is -0.540. The Balaban J connectivity index is 2.18. The molecular weight excluding hydrogens is 233 g/mol. The molecule has 0 radical (unpaired) electrons. The fourth-order valence-corrected chi connectivity index (χ4v) is 2.17. The quantitative estimate of drug-likeness (QED) is 0.762. The summed E-state index contributed by atoms with van der Waals surface area (Å²) in [4.78, 5) is 2.23. The number of nitrogens with zero attached hydrogens (tertiary/aromatic N) is 3. The molecule has 1 saturated heterocycles. The van der Waals surface area contributed by atoms with Crippen molar-refractivity contribution in [2.75, 3.05) is 18.0 Å². The molecule has 0 aromatic carbocycles. The SMILES string of the molecule is CC1CCN(c2cc(Cl)nnc2Cl)CC1. The standard InChI is InChI=1S/C10H13Cl2N3/c1-7-2-4-15(5-3-7)8-6-9(11)13-14-10(8)12/h6-7H,2-5H2,1H3. The van der Waals surface area contributed by atoms with E-state index in [1.54, 1.807) is 6.07 Å². The van der Waals surface area contributed by atoms with E-state index in [1.165, 1.54) is 12.8 Å². The molecular formula is C10H13Cl2N3. The molecule has 1 aromatic rings. The van der Waals surface area contributed by atoms with Gasteiger partial charge in [-0.1, -0.05) is 30.1 Å². The molecule has 1 aliphatic heterocycles. The maximum atomic E-state index is 5.99. The zero-order valence-corrected chi connectivity index (χ0v) is 10.1. The first-order valence-electron chi connectivity index (χ1n) is 5.10. The number of hydrogen-bond acceptors (Lipinski definition) is 3. The third kappa shape index (κ3) is 2.52. The molecule has 5 heteroatoms. The minimum absolute atomic E-state index is 0.396. The van der Waals surface area contributed by atoms with Crippen LogP contribution in [0.1, 0.15) is 19.8 Å². The summed E-state index contributed by atoms with van der Waals surface area (Å²) in [6.07, 6.45) is 2.38. The van der Waals surface area contributed by atoms with E-state index in [0.717, 1.165) is 24.7 Å². The Bertz CT molecular complexity index is 349. The first kappa shape index (κ1) is 11.0. The predicted molar refractivity (Wildman–Crippen MR) is 62.7 cm³/mol. The van der Waals surface area contributed by atoms with Crippen LogP contribution in [0.2, 0.25) is 10.3 Å². The fourth-order valence-electron chi connectivity index (χ4n) is 1.82. The van der Waals surface area contributed by atoms with E-state index in [-0.39, 0.29) is 0 Å². The van der Waals surface area contributed by atoms with Gasteiger partial charge in [0.2, 0.25) is 0 Å². The van der Waals surface area contributed by atoms with Gasteiger partial charge in [0.1, 0.15) is 0 Å². The number of anilines is 1. The summed E-state index contributed by atoms with van der Waals surface area (Å²) in [7, 11) is 0. The smallest absolute Gasteiger partial charge is 0.175 e. The zero-order valence-electron chi connectivity index (χ0n) is 8.58. The van der Waals surface area contributed by atoms with Gasteiger partial charge in [-0.25, -0.2) is 0 Å². The lowest BCUT2D eigenvalue weighted by Crippen LogP contribution is -2.33. The van der Waals surface area contributed by atoms with E-state index in [1.807, 2.05) is 0 Å². The highest BCUT2D eigenvalue weighted by molar-refractivity contribution is 6.33. The molecule has 0 N–H and O–H groups in total. The van der Waals surface area contributed by atoms with Crippen LogP contribution in [0.4, 0.5) is 5.69 Å². The van der Waals surface area contributed by atoms with Crippen LogP contribution in [0.15, 0.2) is 6.07 Å². The Kier molecular flexibility index (Phi) is 3.32. The van der Waals surface area contributed by atoms with Gasteiger partial charge in [0.25, 0.3) is 0 Å². The maximum absolute atomic E-state index is 5.99. The summed E-state index contributed by atoms with van der Waals surface area (Å²) < 4.78 is 0. The minimum Gasteiger partial charge on any atom is -0.369 e. The van der Waals surface area contributed by atoms with E-state index in [2.05, 4.69) is 22.0 Å². The highest BCUT2D eigenvalue weighted by Gasteiger charge is 2.19. The first-order chi connectivity index (χ1) is 7.16. The van der Waals surface area contributed by atoms with Gasteiger partial charge in [0.15, 0.2) is 10.3 Å². The van der Waals surface area contributed by atoms with Crippen molar-refractivity contribution in [2.24, 2.45) is 5.92 Å². The highest BCUT2D eigenvalue weighted by Crippen LogP contribution is 2.29. The lowest BCUT2D eigenvalue weighted by molar-refractivity contribution is 0.438. The summed E-state index contributed by atoms with van der Waals surface area (Å²) in [6.45, 7) is 4.31. The maximum Gasteiger partial charge on any atom is 0.175 e. The number of rotatable bonds is 1. The van der Waals surface area contributed by atoms with Crippen molar-refractivity contribution >= 4 is 28.9 Å². The van der Waals surface area contributed by atoms with E-state index >= 15 is 0 Å². The van der Waals surface area contributed by atoms with Crippen molar-refractivity contribution < 1.29 is 0 Å². The van der Waals surface area contributed by atoms with Crippen molar-refractivity contribution in [3.8, 4) is 0 Å². The van der Waals surface area contributed by atoms with E-state index in [4.69, 9.17) is 23.2 Å². The van der Waals surface area contributed by atoms with Gasteiger partial charge >= 0.3 is 0 Å². The number of aromatic nitrogens is 2. The van der Waals surface area contributed by atoms with Crippen LogP contribution in [-0.4, -0.2) is 23.3 Å². The zero-order chi connectivity index (χ0) is 10.8. The second-order valence-corrected chi connectivity index (χ2v) is 4.76. The molecule has 0 spiro atoms. The Labute approximate surface area is 99.4 Å². The second-order valence-electron chi connectivity index (χ2n) is 4.01. The normalized spacial score (nSPS) is 18.2. The Morgan fingerprint density at radius 2 is 1.93 bits per heavy atom. The van der Waals surface area contributed by atoms with Crippen LogP contribution >= 0.6 is 23.2 Å². The van der Waals surface area contributed by atoms with E-state index in [9.17, 15) is 0 Å². The summed E-state index contributed by atoms with van der Waals surface area (Å²) in [6, 6.07) is 1.78. The van der Waals surface area contributed by atoms with Gasteiger partial charge in [0.05, 0.1) is 5.69 Å². The molecule has 3 nitrogen and oxygen atoms in total. The molecule has 0 bridgehead atoms. The molecule has 0 amide bonds. The Morgan fingerprint density at radius 3 is 2.60 bits per heavy atom. The van der Waals surface area contributed by atoms with E-state index in [0.29, 0.717) is 10.3 Å². The topological polar surface area (TPSA) is 29.0 Å². The van der Waals surface area contributed by atoms with Crippen LogP contribution in [0.3, 0.4) is 0 Å². The monoisotopic (exact) mass is 245 g/mol. The molecule has 1 aromatic heterocycles. The third-order valence-corrected chi connectivity index (χ3v) is 3.28. The second kappa shape index (κ2) is 4.54.